The number of hydrogen-bond acceptors (Lipinski definition) is 6. The molecule has 1 atom stereocenters. The molecule has 0 aliphatic heterocycles. The standard InChI is InChI=1S/C17H20N4O2S.CH2O2/c1-2-23-14(22)17(11-6-4-3-5-7-11)9-8-12-13(10-17)24-16(20-12)21-15(18)19;2-1-3/h3-7H,2,8-10H2,1H3,(H4,18,19,20,21);1H,(H,2,3)/t17-;/m0./s1. The number of carboxylic acid groups (broad SMARTS) is 1. The lowest BCUT2D eigenvalue weighted by atomic mass is 9.70. The van der Waals surface area contributed by atoms with Gasteiger partial charge in [0.2, 0.25) is 5.13 Å². The molecule has 0 saturated carbocycles. The molecule has 27 heavy (non-hydrogen) atoms. The van der Waals surface area contributed by atoms with Gasteiger partial charge in [-0.2, -0.15) is 4.99 Å². The minimum Gasteiger partial charge on any atom is -0.483 e. The van der Waals surface area contributed by atoms with E-state index in [9.17, 15) is 4.79 Å². The van der Waals surface area contributed by atoms with Crippen molar-refractivity contribution in [1.29, 1.82) is 0 Å². The Morgan fingerprint density at radius 3 is 2.67 bits per heavy atom. The van der Waals surface area contributed by atoms with Crippen LogP contribution in [0.25, 0.3) is 0 Å². The third kappa shape index (κ3) is 4.62. The molecule has 0 unspecified atom stereocenters. The maximum absolute atomic E-state index is 12.8. The number of rotatable bonds is 4. The van der Waals surface area contributed by atoms with E-state index in [0.717, 1.165) is 16.1 Å². The number of carbonyl (C=O) groups is 2. The zero-order valence-electron chi connectivity index (χ0n) is 14.9. The van der Waals surface area contributed by atoms with E-state index < -0.39 is 5.41 Å². The van der Waals surface area contributed by atoms with E-state index >= 15 is 0 Å². The molecule has 0 fully saturated rings. The first-order valence-electron chi connectivity index (χ1n) is 8.35. The number of nitrogens with zero attached hydrogens (tertiary/aromatic N) is 2. The topological polar surface area (TPSA) is 141 Å². The minimum absolute atomic E-state index is 0.0131. The average molecular weight is 390 g/mol. The largest absolute Gasteiger partial charge is 0.483 e. The van der Waals surface area contributed by atoms with Crippen molar-refractivity contribution in [3.8, 4) is 0 Å². The Morgan fingerprint density at radius 1 is 1.41 bits per heavy atom. The highest BCUT2D eigenvalue weighted by Crippen LogP contribution is 2.43. The zero-order chi connectivity index (χ0) is 19.9. The highest BCUT2D eigenvalue weighted by Gasteiger charge is 2.45. The molecule has 0 radical (unpaired) electrons. The van der Waals surface area contributed by atoms with Crippen LogP contribution in [-0.4, -0.2) is 35.1 Å². The van der Waals surface area contributed by atoms with Crippen LogP contribution in [-0.2, 0) is 32.6 Å². The molecule has 2 aromatic rings. The number of ether oxygens (including phenoxy) is 1. The molecule has 5 N–H and O–H groups in total. The number of esters is 1. The van der Waals surface area contributed by atoms with Crippen LogP contribution in [0.1, 0.15) is 29.5 Å². The van der Waals surface area contributed by atoms with Gasteiger partial charge in [-0.05, 0) is 25.3 Å². The normalized spacial score (nSPS) is 17.7. The van der Waals surface area contributed by atoms with Crippen LogP contribution in [0.15, 0.2) is 35.3 Å². The molecule has 0 bridgehead atoms. The van der Waals surface area contributed by atoms with Crippen LogP contribution in [0, 0.1) is 0 Å². The van der Waals surface area contributed by atoms with Crippen molar-refractivity contribution in [2.45, 2.75) is 31.6 Å². The molecule has 1 aliphatic rings. The summed E-state index contributed by atoms with van der Waals surface area (Å²) in [5, 5.41) is 7.42. The molecule has 9 heteroatoms. The van der Waals surface area contributed by atoms with Crippen molar-refractivity contribution in [1.82, 2.24) is 4.98 Å². The van der Waals surface area contributed by atoms with E-state index in [1.54, 1.807) is 0 Å². The first-order valence-corrected chi connectivity index (χ1v) is 9.17. The molecule has 1 aliphatic carbocycles. The number of guanidine groups is 1. The van der Waals surface area contributed by atoms with E-state index in [-0.39, 0.29) is 18.4 Å². The third-order valence-corrected chi connectivity index (χ3v) is 5.23. The number of thiazole rings is 1. The third-order valence-electron chi connectivity index (χ3n) is 4.24. The summed E-state index contributed by atoms with van der Waals surface area (Å²) in [6.07, 6.45) is 1.91. The highest BCUT2D eigenvalue weighted by atomic mass is 32.1. The van der Waals surface area contributed by atoms with Gasteiger partial charge in [-0.3, -0.25) is 9.59 Å². The zero-order valence-corrected chi connectivity index (χ0v) is 15.7. The summed E-state index contributed by atoms with van der Waals surface area (Å²) in [6, 6.07) is 9.81. The predicted octanol–water partition coefficient (Wildman–Crippen LogP) is 1.74. The Balaban J connectivity index is 0.000000817. The van der Waals surface area contributed by atoms with Crippen molar-refractivity contribution < 1.29 is 19.4 Å². The monoisotopic (exact) mass is 390 g/mol. The molecule has 1 aromatic carbocycles. The number of aliphatic imine (C=N–C) groups is 1. The quantitative estimate of drug-likeness (QED) is 0.312. The SMILES string of the molecule is CCOC(=O)[C@@]1(c2ccccc2)CCc2nc(N=C(N)N)sc2C1.O=CO. The van der Waals surface area contributed by atoms with E-state index in [4.69, 9.17) is 26.1 Å². The Morgan fingerprint density at radius 2 is 2.07 bits per heavy atom. The van der Waals surface area contributed by atoms with Gasteiger partial charge in [0.25, 0.3) is 6.47 Å². The Hall–Kier alpha value is -2.94. The number of carbonyl (C=O) groups excluding carboxylic acids is 1. The fourth-order valence-electron chi connectivity index (χ4n) is 3.12. The maximum Gasteiger partial charge on any atom is 0.316 e. The first kappa shape index (κ1) is 20.4. The number of benzene rings is 1. The van der Waals surface area contributed by atoms with Crippen LogP contribution in [0.5, 0.6) is 0 Å². The summed E-state index contributed by atoms with van der Waals surface area (Å²) in [6.45, 7) is 1.94. The molecule has 0 saturated heterocycles. The van der Waals surface area contributed by atoms with E-state index in [1.807, 2.05) is 37.3 Å². The highest BCUT2D eigenvalue weighted by molar-refractivity contribution is 7.15. The fourth-order valence-corrected chi connectivity index (χ4v) is 4.23. The van der Waals surface area contributed by atoms with E-state index in [2.05, 4.69) is 9.98 Å². The lowest BCUT2D eigenvalue weighted by Crippen LogP contribution is -2.42. The second-order valence-corrected chi connectivity index (χ2v) is 6.92. The van der Waals surface area contributed by atoms with Crippen LogP contribution in [0.3, 0.4) is 0 Å². The van der Waals surface area contributed by atoms with Crippen LogP contribution in [0.2, 0.25) is 0 Å². The van der Waals surface area contributed by atoms with Gasteiger partial charge in [0.15, 0.2) is 5.96 Å². The molecule has 0 amide bonds. The van der Waals surface area contributed by atoms with Crippen molar-refractivity contribution in [3.63, 3.8) is 0 Å². The second kappa shape index (κ2) is 9.13. The summed E-state index contributed by atoms with van der Waals surface area (Å²) in [5.74, 6) is -0.195. The van der Waals surface area contributed by atoms with Gasteiger partial charge in [0.1, 0.15) is 0 Å². The lowest BCUT2D eigenvalue weighted by molar-refractivity contribution is -0.150. The van der Waals surface area contributed by atoms with Gasteiger partial charge in [-0.1, -0.05) is 41.7 Å². The smallest absolute Gasteiger partial charge is 0.316 e. The second-order valence-electron chi connectivity index (χ2n) is 5.85. The van der Waals surface area contributed by atoms with Gasteiger partial charge < -0.3 is 21.3 Å². The Kier molecular flexibility index (Phi) is 6.89. The summed E-state index contributed by atoms with van der Waals surface area (Å²) < 4.78 is 5.40. The van der Waals surface area contributed by atoms with Gasteiger partial charge in [-0.15, -0.1) is 0 Å². The number of fused-ring (bicyclic) bond motifs is 1. The maximum atomic E-state index is 12.8. The Bertz CT molecular complexity index is 818. The summed E-state index contributed by atoms with van der Waals surface area (Å²) in [4.78, 5) is 30.7. The number of hydrogen-bond donors (Lipinski definition) is 3. The molecular formula is C18H22N4O4S. The average Bonchev–Trinajstić information content (AvgIpc) is 3.03. The van der Waals surface area contributed by atoms with Crippen molar-refractivity contribution in [2.75, 3.05) is 6.61 Å². The van der Waals surface area contributed by atoms with Crippen molar-refractivity contribution in [2.24, 2.45) is 16.5 Å². The molecule has 8 nitrogen and oxygen atoms in total. The van der Waals surface area contributed by atoms with Gasteiger partial charge in [0, 0.05) is 11.3 Å². The summed E-state index contributed by atoms with van der Waals surface area (Å²) >= 11 is 1.43. The van der Waals surface area contributed by atoms with Crippen LogP contribution < -0.4 is 11.5 Å². The molecule has 144 valence electrons. The van der Waals surface area contributed by atoms with Crippen molar-refractivity contribution >= 4 is 34.9 Å². The van der Waals surface area contributed by atoms with E-state index in [1.165, 1.54) is 11.3 Å². The number of nitrogens with two attached hydrogens (primary N) is 2. The molecule has 0 spiro atoms. The number of aromatic nitrogens is 1. The fraction of sp³-hybridized carbons (Fsp3) is 0.333. The van der Waals surface area contributed by atoms with Gasteiger partial charge >= 0.3 is 5.97 Å². The van der Waals surface area contributed by atoms with Crippen LogP contribution in [0.4, 0.5) is 5.13 Å². The van der Waals surface area contributed by atoms with Crippen molar-refractivity contribution in [3.05, 3.63) is 46.5 Å². The molecular weight excluding hydrogens is 368 g/mol. The predicted molar refractivity (Wildman–Crippen MR) is 103 cm³/mol. The molecule has 3 rings (SSSR count). The lowest BCUT2D eigenvalue weighted by Gasteiger charge is -2.34. The van der Waals surface area contributed by atoms with Gasteiger partial charge in [0.05, 0.1) is 17.7 Å². The minimum atomic E-state index is -0.675. The first-order chi connectivity index (χ1) is 13.0. The summed E-state index contributed by atoms with van der Waals surface area (Å²) in [7, 11) is 0. The number of aryl methyl sites for hydroxylation is 1. The van der Waals surface area contributed by atoms with Crippen LogP contribution >= 0.6 is 11.3 Å². The van der Waals surface area contributed by atoms with Gasteiger partial charge in [-0.25, -0.2) is 4.98 Å². The van der Waals surface area contributed by atoms with E-state index in [0.29, 0.717) is 31.0 Å². The Labute approximate surface area is 160 Å². The summed E-state index contributed by atoms with van der Waals surface area (Å²) in [5.41, 5.74) is 12.1. The molecule has 1 aromatic heterocycles. The molecule has 1 heterocycles.